The predicted octanol–water partition coefficient (Wildman–Crippen LogP) is 2.09. The highest BCUT2D eigenvalue weighted by molar-refractivity contribution is 7.15. The van der Waals surface area contributed by atoms with E-state index in [4.69, 9.17) is 0 Å². The number of nitrogens with zero attached hydrogens (tertiary/aromatic N) is 1. The van der Waals surface area contributed by atoms with Crippen LogP contribution in [0.25, 0.3) is 10.7 Å². The van der Waals surface area contributed by atoms with Crippen LogP contribution < -0.4 is 5.32 Å². The number of fused-ring (bicyclic) bond motifs is 1. The van der Waals surface area contributed by atoms with Gasteiger partial charge >= 0.3 is 0 Å². The molecule has 0 bridgehead atoms. The molecule has 2 N–H and O–H groups in total. The fraction of sp³-hybridized carbons (Fsp3) is 0.364. The normalized spacial score (nSPS) is 15.3. The number of aromatic amines is 1. The van der Waals surface area contributed by atoms with Crippen LogP contribution in [0.4, 0.5) is 0 Å². The molecule has 0 saturated heterocycles. The average molecular weight is 219 g/mol. The van der Waals surface area contributed by atoms with Crippen molar-refractivity contribution in [1.29, 1.82) is 0 Å². The van der Waals surface area contributed by atoms with Gasteiger partial charge in [0.05, 0.1) is 16.3 Å². The molecule has 0 spiro atoms. The van der Waals surface area contributed by atoms with Crippen molar-refractivity contribution in [3.05, 3.63) is 28.4 Å². The molecule has 0 unspecified atom stereocenters. The number of hydrogen-bond acceptors (Lipinski definition) is 3. The highest BCUT2D eigenvalue weighted by atomic mass is 32.1. The van der Waals surface area contributed by atoms with Crippen molar-refractivity contribution in [2.75, 3.05) is 6.54 Å². The van der Waals surface area contributed by atoms with Crippen molar-refractivity contribution < 1.29 is 0 Å². The fourth-order valence-corrected chi connectivity index (χ4v) is 2.71. The lowest BCUT2D eigenvalue weighted by atomic mass is 10.2. The smallest absolute Gasteiger partial charge is 0.147 e. The molecule has 0 atom stereocenters. The Morgan fingerprint density at radius 2 is 2.33 bits per heavy atom. The molecular weight excluding hydrogens is 206 g/mol. The first-order valence-electron chi connectivity index (χ1n) is 5.18. The van der Waals surface area contributed by atoms with Crippen molar-refractivity contribution in [1.82, 2.24) is 15.3 Å². The number of aromatic nitrogens is 2. The van der Waals surface area contributed by atoms with Crippen LogP contribution in [0, 0.1) is 6.92 Å². The highest BCUT2D eigenvalue weighted by Gasteiger charge is 2.15. The van der Waals surface area contributed by atoms with Crippen LogP contribution in [-0.2, 0) is 13.0 Å². The first kappa shape index (κ1) is 9.12. The van der Waals surface area contributed by atoms with Gasteiger partial charge in [0.25, 0.3) is 0 Å². The second kappa shape index (κ2) is 3.47. The topological polar surface area (TPSA) is 40.7 Å². The molecule has 3 rings (SSSR count). The summed E-state index contributed by atoms with van der Waals surface area (Å²) in [4.78, 5) is 10.6. The minimum Gasteiger partial charge on any atom is -0.340 e. The molecule has 0 radical (unpaired) electrons. The highest BCUT2D eigenvalue weighted by Crippen LogP contribution is 2.26. The summed E-state index contributed by atoms with van der Waals surface area (Å²) in [7, 11) is 0. The second-order valence-electron chi connectivity index (χ2n) is 3.85. The van der Waals surface area contributed by atoms with Crippen LogP contribution in [0.15, 0.2) is 12.1 Å². The summed E-state index contributed by atoms with van der Waals surface area (Å²) in [5, 5.41) is 3.34. The van der Waals surface area contributed by atoms with E-state index in [2.05, 4.69) is 34.3 Å². The number of H-pyrrole nitrogens is 1. The Labute approximate surface area is 92.6 Å². The summed E-state index contributed by atoms with van der Waals surface area (Å²) in [6.45, 7) is 4.09. The Hall–Kier alpha value is -1.13. The fourth-order valence-electron chi connectivity index (χ4n) is 1.90. The molecular formula is C11H13N3S. The molecule has 0 amide bonds. The van der Waals surface area contributed by atoms with Gasteiger partial charge < -0.3 is 10.3 Å². The van der Waals surface area contributed by atoms with E-state index in [9.17, 15) is 0 Å². The maximum Gasteiger partial charge on any atom is 0.147 e. The first-order chi connectivity index (χ1) is 7.33. The van der Waals surface area contributed by atoms with E-state index in [-0.39, 0.29) is 0 Å². The molecule has 78 valence electrons. The number of rotatable bonds is 1. The van der Waals surface area contributed by atoms with Gasteiger partial charge in [0, 0.05) is 24.4 Å². The Kier molecular flexibility index (Phi) is 2.11. The molecule has 0 saturated carbocycles. The number of imidazole rings is 1. The van der Waals surface area contributed by atoms with Gasteiger partial charge in [-0.2, -0.15) is 0 Å². The number of aryl methyl sites for hydroxylation is 1. The van der Waals surface area contributed by atoms with Gasteiger partial charge in [0.15, 0.2) is 0 Å². The third-order valence-corrected chi connectivity index (χ3v) is 3.69. The van der Waals surface area contributed by atoms with Crippen LogP contribution >= 0.6 is 11.3 Å². The second-order valence-corrected chi connectivity index (χ2v) is 5.14. The number of thiophene rings is 1. The van der Waals surface area contributed by atoms with Crippen molar-refractivity contribution in [3.8, 4) is 10.7 Å². The van der Waals surface area contributed by atoms with Crippen LogP contribution in [0.5, 0.6) is 0 Å². The average Bonchev–Trinajstić information content (AvgIpc) is 2.82. The van der Waals surface area contributed by atoms with Gasteiger partial charge in [-0.25, -0.2) is 4.98 Å². The monoisotopic (exact) mass is 219 g/mol. The van der Waals surface area contributed by atoms with Crippen molar-refractivity contribution >= 4 is 11.3 Å². The maximum absolute atomic E-state index is 4.65. The van der Waals surface area contributed by atoms with Gasteiger partial charge in [-0.15, -0.1) is 11.3 Å². The number of hydrogen-bond donors (Lipinski definition) is 2. The molecule has 3 nitrogen and oxygen atoms in total. The van der Waals surface area contributed by atoms with Crippen molar-refractivity contribution in [2.24, 2.45) is 0 Å². The molecule has 4 heteroatoms. The van der Waals surface area contributed by atoms with Crippen LogP contribution in [0.1, 0.15) is 16.3 Å². The van der Waals surface area contributed by atoms with Crippen molar-refractivity contribution in [2.45, 2.75) is 19.9 Å². The Morgan fingerprint density at radius 3 is 3.07 bits per heavy atom. The van der Waals surface area contributed by atoms with E-state index < -0.39 is 0 Å². The number of nitrogens with one attached hydrogen (secondary N) is 2. The quantitative estimate of drug-likeness (QED) is 0.771. The summed E-state index contributed by atoms with van der Waals surface area (Å²) < 4.78 is 0. The SMILES string of the molecule is Cc1ccc(-c2nc3c([nH]2)CNCC3)s1. The Morgan fingerprint density at radius 1 is 1.40 bits per heavy atom. The van der Waals surface area contributed by atoms with Gasteiger partial charge in [-0.1, -0.05) is 0 Å². The molecule has 2 aromatic rings. The van der Waals surface area contributed by atoms with Gasteiger partial charge in [-0.05, 0) is 19.1 Å². The van der Waals surface area contributed by atoms with E-state index >= 15 is 0 Å². The van der Waals surface area contributed by atoms with Crippen molar-refractivity contribution in [3.63, 3.8) is 0 Å². The molecule has 0 aliphatic carbocycles. The van der Waals surface area contributed by atoms with Crippen LogP contribution in [0.2, 0.25) is 0 Å². The Balaban J connectivity index is 2.02. The zero-order chi connectivity index (χ0) is 10.3. The minimum atomic E-state index is 0.923. The summed E-state index contributed by atoms with van der Waals surface area (Å²) >= 11 is 1.79. The molecule has 3 heterocycles. The van der Waals surface area contributed by atoms with E-state index in [1.54, 1.807) is 11.3 Å². The standard InChI is InChI=1S/C11H13N3S/c1-7-2-3-10(15-7)11-13-8-4-5-12-6-9(8)14-11/h2-3,12H,4-6H2,1H3,(H,13,14). The first-order valence-corrected chi connectivity index (χ1v) is 6.00. The summed E-state index contributed by atoms with van der Waals surface area (Å²) in [6, 6.07) is 4.28. The third kappa shape index (κ3) is 1.60. The lowest BCUT2D eigenvalue weighted by molar-refractivity contribution is 0.627. The summed E-state index contributed by atoms with van der Waals surface area (Å²) in [5.74, 6) is 1.03. The minimum absolute atomic E-state index is 0.923. The van der Waals surface area contributed by atoms with Crippen LogP contribution in [0.3, 0.4) is 0 Å². The predicted molar refractivity (Wildman–Crippen MR) is 62.0 cm³/mol. The molecule has 0 aromatic carbocycles. The molecule has 15 heavy (non-hydrogen) atoms. The van der Waals surface area contributed by atoms with Gasteiger partial charge in [-0.3, -0.25) is 0 Å². The lowest BCUT2D eigenvalue weighted by Gasteiger charge is -2.09. The molecule has 2 aromatic heterocycles. The molecule has 1 aliphatic heterocycles. The molecule has 1 aliphatic rings. The zero-order valence-electron chi connectivity index (χ0n) is 8.63. The summed E-state index contributed by atoms with van der Waals surface area (Å²) in [5.41, 5.74) is 2.48. The Bertz CT molecular complexity index is 460. The third-order valence-electron chi connectivity index (χ3n) is 2.68. The van der Waals surface area contributed by atoms with E-state index in [1.165, 1.54) is 21.1 Å². The largest absolute Gasteiger partial charge is 0.340 e. The van der Waals surface area contributed by atoms with E-state index in [0.717, 1.165) is 25.3 Å². The molecule has 0 fully saturated rings. The van der Waals surface area contributed by atoms with Gasteiger partial charge in [0.1, 0.15) is 5.82 Å². The van der Waals surface area contributed by atoms with Crippen LogP contribution in [-0.4, -0.2) is 16.5 Å². The van der Waals surface area contributed by atoms with Gasteiger partial charge in [0.2, 0.25) is 0 Å². The summed E-state index contributed by atoms with van der Waals surface area (Å²) in [6.07, 6.45) is 1.04. The van der Waals surface area contributed by atoms with E-state index in [0.29, 0.717) is 0 Å². The lowest BCUT2D eigenvalue weighted by Crippen LogP contribution is -2.23. The zero-order valence-corrected chi connectivity index (χ0v) is 9.45. The van der Waals surface area contributed by atoms with E-state index in [1.807, 2.05) is 0 Å². The maximum atomic E-state index is 4.65.